The zero-order chi connectivity index (χ0) is 32.0. The Balaban J connectivity index is 1.16. The number of benzene rings is 2. The second kappa shape index (κ2) is 14.9. The van der Waals surface area contributed by atoms with Gasteiger partial charge in [-0.25, -0.2) is 0 Å². The summed E-state index contributed by atoms with van der Waals surface area (Å²) < 4.78 is 0. The molecule has 3 fully saturated rings. The van der Waals surface area contributed by atoms with Crippen LogP contribution in [-0.2, 0) is 22.6 Å². The van der Waals surface area contributed by atoms with Crippen molar-refractivity contribution in [1.82, 2.24) is 20.4 Å². The van der Waals surface area contributed by atoms with Crippen LogP contribution in [0.25, 0.3) is 0 Å². The molecule has 8 nitrogen and oxygen atoms in total. The van der Waals surface area contributed by atoms with Crippen molar-refractivity contribution in [3.63, 3.8) is 0 Å². The largest absolute Gasteiger partial charge is 0.390 e. The van der Waals surface area contributed by atoms with Gasteiger partial charge in [0.05, 0.1) is 6.10 Å². The number of nitrogens with one attached hydrogen (secondary N) is 2. The number of unbranched alkanes of at least 4 members (excludes halogenated alkanes) is 1. The smallest absolute Gasteiger partial charge is 0.251 e. The Morgan fingerprint density at radius 2 is 1.56 bits per heavy atom. The van der Waals surface area contributed by atoms with E-state index in [1.807, 2.05) is 43.0 Å². The maximum absolute atomic E-state index is 13.8. The first-order chi connectivity index (χ1) is 21.8. The maximum atomic E-state index is 13.8. The molecule has 3 aliphatic rings. The van der Waals surface area contributed by atoms with E-state index in [1.54, 1.807) is 0 Å². The Labute approximate surface area is 268 Å². The Bertz CT molecular complexity index is 1290. The number of hydrogen-bond acceptors (Lipinski definition) is 5. The molecule has 45 heavy (non-hydrogen) atoms. The van der Waals surface area contributed by atoms with Gasteiger partial charge in [0.1, 0.15) is 11.6 Å². The fourth-order valence-electron chi connectivity index (χ4n) is 7.02. The Kier molecular flexibility index (Phi) is 11.0. The predicted molar refractivity (Wildman–Crippen MR) is 177 cm³/mol. The number of aliphatic hydroxyl groups excluding tert-OH is 1. The third kappa shape index (κ3) is 7.78. The monoisotopic (exact) mass is 616 g/mol. The highest BCUT2D eigenvalue weighted by molar-refractivity contribution is 6.00. The molecule has 1 spiro atoms. The minimum atomic E-state index is -0.872. The average molecular weight is 617 g/mol. The maximum Gasteiger partial charge on any atom is 0.251 e. The average Bonchev–Trinajstić information content (AvgIpc) is 3.89. The first-order valence-corrected chi connectivity index (χ1v) is 17.3. The van der Waals surface area contributed by atoms with Crippen molar-refractivity contribution in [2.75, 3.05) is 26.2 Å². The lowest BCUT2D eigenvalue weighted by molar-refractivity contribution is -0.165. The van der Waals surface area contributed by atoms with E-state index in [-0.39, 0.29) is 23.6 Å². The van der Waals surface area contributed by atoms with E-state index in [9.17, 15) is 19.5 Å². The number of nitrogens with zero attached hydrogens (tertiary/aromatic N) is 2. The summed E-state index contributed by atoms with van der Waals surface area (Å²) in [5, 5.41) is 17.0. The van der Waals surface area contributed by atoms with Gasteiger partial charge in [-0.2, -0.15) is 0 Å². The number of aliphatic hydroxyl groups is 1. The van der Waals surface area contributed by atoms with Crippen LogP contribution in [0.4, 0.5) is 0 Å². The molecule has 0 aromatic heterocycles. The number of carbonyl (C=O) groups excluding carboxylic acids is 3. The van der Waals surface area contributed by atoms with Crippen LogP contribution < -0.4 is 10.6 Å². The lowest BCUT2D eigenvalue weighted by Crippen LogP contribution is -2.75. The SMILES string of the molecule is CCCCN1C(=O)[C@@H]([C@H](O)C(CC)CC)NC(=O)C12CCN(Cc1ccc(Cc3ccc(C(=O)NCC4CC4)cc3)cc1)CC2. The standard InChI is InChI=1S/C37H52N4O4/c1-4-7-20-41-35(44)32(33(42)30(5-2)6-3)39-36(45)37(41)18-21-40(22-19-37)25-29-12-8-26(9-13-29)23-27-14-16-31(17-15-27)34(43)38-24-28-10-11-28/h8-9,12-17,28,30,32-33,42H,4-7,10-11,18-25H2,1-3H3,(H,38,43)(H,39,45)/t32-,33-/m1/s1. The van der Waals surface area contributed by atoms with E-state index >= 15 is 0 Å². The first kappa shape index (κ1) is 33.1. The third-order valence-electron chi connectivity index (χ3n) is 10.4. The number of rotatable bonds is 14. The molecular weight excluding hydrogens is 564 g/mol. The van der Waals surface area contributed by atoms with Gasteiger partial charge in [0, 0.05) is 38.3 Å². The van der Waals surface area contributed by atoms with Gasteiger partial charge in [-0.05, 0) is 79.2 Å². The topological polar surface area (TPSA) is 102 Å². The molecular formula is C37H52N4O4. The summed E-state index contributed by atoms with van der Waals surface area (Å²) in [6.45, 7) is 9.71. The van der Waals surface area contributed by atoms with Crippen LogP contribution in [0.15, 0.2) is 48.5 Å². The quantitative estimate of drug-likeness (QED) is 0.286. The normalized spacial score (nSPS) is 20.8. The summed E-state index contributed by atoms with van der Waals surface area (Å²) in [6, 6.07) is 15.7. The number of hydrogen-bond donors (Lipinski definition) is 3. The molecule has 1 aliphatic carbocycles. The van der Waals surface area contributed by atoms with Gasteiger partial charge in [-0.15, -0.1) is 0 Å². The summed E-state index contributed by atoms with van der Waals surface area (Å²) in [5.41, 5.74) is 3.48. The van der Waals surface area contributed by atoms with E-state index in [2.05, 4.69) is 46.7 Å². The van der Waals surface area contributed by atoms with Gasteiger partial charge >= 0.3 is 0 Å². The molecule has 0 radical (unpaired) electrons. The fourth-order valence-corrected chi connectivity index (χ4v) is 7.02. The van der Waals surface area contributed by atoms with Crippen molar-refractivity contribution in [2.24, 2.45) is 11.8 Å². The van der Waals surface area contributed by atoms with Crippen LogP contribution in [0.5, 0.6) is 0 Å². The highest BCUT2D eigenvalue weighted by atomic mass is 16.3. The van der Waals surface area contributed by atoms with E-state index in [1.165, 1.54) is 29.5 Å². The van der Waals surface area contributed by atoms with Crippen LogP contribution >= 0.6 is 0 Å². The lowest BCUT2D eigenvalue weighted by Gasteiger charge is -2.52. The predicted octanol–water partition coefficient (Wildman–Crippen LogP) is 4.68. The summed E-state index contributed by atoms with van der Waals surface area (Å²) in [4.78, 5) is 44.0. The Morgan fingerprint density at radius 3 is 2.13 bits per heavy atom. The van der Waals surface area contributed by atoms with E-state index < -0.39 is 17.7 Å². The molecule has 2 aromatic carbocycles. The van der Waals surface area contributed by atoms with Crippen molar-refractivity contribution in [3.05, 3.63) is 70.8 Å². The van der Waals surface area contributed by atoms with Gasteiger partial charge in [-0.3, -0.25) is 19.3 Å². The molecule has 2 saturated heterocycles. The second-order valence-electron chi connectivity index (χ2n) is 13.5. The van der Waals surface area contributed by atoms with Gasteiger partial charge in [0.2, 0.25) is 11.8 Å². The molecule has 244 valence electrons. The van der Waals surface area contributed by atoms with Crippen LogP contribution in [-0.4, -0.2) is 76.5 Å². The summed E-state index contributed by atoms with van der Waals surface area (Å²) in [5.74, 6) is 0.415. The summed E-state index contributed by atoms with van der Waals surface area (Å²) in [7, 11) is 0. The van der Waals surface area contributed by atoms with E-state index in [4.69, 9.17) is 0 Å². The van der Waals surface area contributed by atoms with Gasteiger partial charge in [0.15, 0.2) is 0 Å². The molecule has 3 amide bonds. The summed E-state index contributed by atoms with van der Waals surface area (Å²) >= 11 is 0. The van der Waals surface area contributed by atoms with Gasteiger partial charge in [0.25, 0.3) is 5.91 Å². The highest BCUT2D eigenvalue weighted by Gasteiger charge is 2.55. The molecule has 0 bridgehead atoms. The zero-order valence-corrected chi connectivity index (χ0v) is 27.4. The molecule has 3 N–H and O–H groups in total. The number of carbonyl (C=O) groups is 3. The fraction of sp³-hybridized carbons (Fsp3) is 0.595. The van der Waals surface area contributed by atoms with Gasteiger partial charge in [-0.1, -0.05) is 76.4 Å². The molecule has 1 saturated carbocycles. The molecule has 2 heterocycles. The minimum Gasteiger partial charge on any atom is -0.390 e. The first-order valence-electron chi connectivity index (χ1n) is 17.3. The molecule has 2 aliphatic heterocycles. The van der Waals surface area contributed by atoms with Crippen LogP contribution in [0.1, 0.15) is 99.2 Å². The third-order valence-corrected chi connectivity index (χ3v) is 10.4. The van der Waals surface area contributed by atoms with Crippen molar-refractivity contribution < 1.29 is 19.5 Å². The number of piperazine rings is 1. The number of piperidine rings is 1. The van der Waals surface area contributed by atoms with Crippen molar-refractivity contribution in [1.29, 1.82) is 0 Å². The lowest BCUT2D eigenvalue weighted by atomic mass is 9.79. The van der Waals surface area contributed by atoms with Crippen molar-refractivity contribution in [3.8, 4) is 0 Å². The van der Waals surface area contributed by atoms with Crippen LogP contribution in [0.2, 0.25) is 0 Å². The number of amides is 3. The van der Waals surface area contributed by atoms with Crippen molar-refractivity contribution >= 4 is 17.7 Å². The molecule has 8 heteroatoms. The zero-order valence-electron chi connectivity index (χ0n) is 27.4. The van der Waals surface area contributed by atoms with Crippen molar-refractivity contribution in [2.45, 2.75) is 103 Å². The van der Waals surface area contributed by atoms with E-state index in [0.717, 1.165) is 58.3 Å². The minimum absolute atomic E-state index is 0.00546. The number of likely N-dealkylation sites (tertiary alicyclic amines) is 1. The van der Waals surface area contributed by atoms with Crippen LogP contribution in [0.3, 0.4) is 0 Å². The molecule has 0 unspecified atom stereocenters. The molecule has 2 aromatic rings. The Morgan fingerprint density at radius 1 is 0.956 bits per heavy atom. The van der Waals surface area contributed by atoms with E-state index in [0.29, 0.717) is 30.9 Å². The molecule has 5 rings (SSSR count). The van der Waals surface area contributed by atoms with Crippen LogP contribution in [0, 0.1) is 11.8 Å². The summed E-state index contributed by atoms with van der Waals surface area (Å²) in [6.07, 6.45) is 6.87. The molecule has 2 atom stereocenters. The Hall–Kier alpha value is -3.23. The van der Waals surface area contributed by atoms with Gasteiger partial charge < -0.3 is 20.6 Å². The highest BCUT2D eigenvalue weighted by Crippen LogP contribution is 2.35. The second-order valence-corrected chi connectivity index (χ2v) is 13.5.